The summed E-state index contributed by atoms with van der Waals surface area (Å²) < 4.78 is 31.9. The van der Waals surface area contributed by atoms with Gasteiger partial charge in [0.05, 0.1) is 4.90 Å². The predicted octanol–water partition coefficient (Wildman–Crippen LogP) is 2.26. The number of sulfonamides is 1. The Kier molecular flexibility index (Phi) is 5.53. The molecule has 1 N–H and O–H groups in total. The number of rotatable bonds is 5. The molecule has 0 fully saturated rings. The lowest BCUT2D eigenvalue weighted by atomic mass is 10.2. The lowest BCUT2D eigenvalue weighted by Gasteiger charge is -2.22. The van der Waals surface area contributed by atoms with E-state index in [1.165, 1.54) is 19.1 Å². The van der Waals surface area contributed by atoms with Gasteiger partial charge in [0, 0.05) is 0 Å². The summed E-state index contributed by atoms with van der Waals surface area (Å²) in [6.45, 7) is 8.65. The number of nitrogens with one attached hydrogen (secondary N) is 1. The Balaban J connectivity index is 2.81. The van der Waals surface area contributed by atoms with E-state index in [2.05, 4.69) is 4.72 Å². The van der Waals surface area contributed by atoms with Crippen molar-refractivity contribution in [3.8, 4) is 0 Å². The van der Waals surface area contributed by atoms with Gasteiger partial charge in [0.25, 0.3) is 0 Å². The van der Waals surface area contributed by atoms with Crippen molar-refractivity contribution in [2.45, 2.75) is 57.6 Å². The maximum atomic E-state index is 12.2. The number of benzene rings is 1. The lowest BCUT2D eigenvalue weighted by Crippen LogP contribution is -2.42. The average molecular weight is 313 g/mol. The largest absolute Gasteiger partial charge is 0.459 e. The van der Waals surface area contributed by atoms with Crippen LogP contribution in [-0.4, -0.2) is 26.0 Å². The number of aryl methyl sites for hydroxylation is 1. The van der Waals surface area contributed by atoms with Gasteiger partial charge in [0.15, 0.2) is 0 Å². The molecule has 1 aromatic rings. The molecule has 1 atom stereocenters. The SMILES string of the molecule is CCc1ccc(S(=O)(=O)N[C@@H](C)C(=O)OC(C)(C)C)cc1. The fraction of sp³-hybridized carbons (Fsp3) is 0.533. The molecule has 0 saturated heterocycles. The topological polar surface area (TPSA) is 72.5 Å². The molecule has 21 heavy (non-hydrogen) atoms. The first-order valence-electron chi connectivity index (χ1n) is 6.89. The maximum Gasteiger partial charge on any atom is 0.324 e. The Morgan fingerprint density at radius 2 is 1.76 bits per heavy atom. The van der Waals surface area contributed by atoms with Crippen molar-refractivity contribution in [1.29, 1.82) is 0 Å². The second-order valence-electron chi connectivity index (χ2n) is 5.87. The summed E-state index contributed by atoms with van der Waals surface area (Å²) in [6, 6.07) is 5.63. The number of esters is 1. The highest BCUT2D eigenvalue weighted by Gasteiger charge is 2.26. The minimum Gasteiger partial charge on any atom is -0.459 e. The molecular formula is C15H23NO4S. The first-order chi connectivity index (χ1) is 9.55. The Bertz CT molecular complexity index is 585. The molecule has 0 aromatic heterocycles. The van der Waals surface area contributed by atoms with Crippen LogP contribution >= 0.6 is 0 Å². The summed E-state index contributed by atoms with van der Waals surface area (Å²) in [7, 11) is -3.74. The summed E-state index contributed by atoms with van der Waals surface area (Å²) in [5, 5.41) is 0. The molecule has 0 aliphatic carbocycles. The van der Waals surface area contributed by atoms with Gasteiger partial charge in [-0.15, -0.1) is 0 Å². The second-order valence-corrected chi connectivity index (χ2v) is 7.59. The predicted molar refractivity (Wildman–Crippen MR) is 81.4 cm³/mol. The number of carbonyl (C=O) groups excluding carboxylic acids is 1. The van der Waals surface area contributed by atoms with Crippen LogP contribution in [0.3, 0.4) is 0 Å². The molecule has 1 rings (SSSR count). The van der Waals surface area contributed by atoms with Crippen molar-refractivity contribution >= 4 is 16.0 Å². The van der Waals surface area contributed by atoms with Gasteiger partial charge in [-0.1, -0.05) is 19.1 Å². The Morgan fingerprint density at radius 3 is 2.19 bits per heavy atom. The third kappa shape index (κ3) is 5.47. The number of hydrogen-bond acceptors (Lipinski definition) is 4. The van der Waals surface area contributed by atoms with Crippen LogP contribution in [0, 0.1) is 0 Å². The van der Waals surface area contributed by atoms with E-state index in [1.54, 1.807) is 32.9 Å². The fourth-order valence-corrected chi connectivity index (χ4v) is 2.84. The summed E-state index contributed by atoms with van der Waals surface area (Å²) in [5.74, 6) is -0.601. The van der Waals surface area contributed by atoms with Gasteiger partial charge in [0.2, 0.25) is 10.0 Å². The first-order valence-corrected chi connectivity index (χ1v) is 8.37. The van der Waals surface area contributed by atoms with Gasteiger partial charge < -0.3 is 4.74 Å². The van der Waals surface area contributed by atoms with Gasteiger partial charge in [-0.05, 0) is 51.8 Å². The Morgan fingerprint density at radius 1 is 1.24 bits per heavy atom. The van der Waals surface area contributed by atoms with Gasteiger partial charge in [-0.25, -0.2) is 8.42 Å². The molecule has 0 amide bonds. The zero-order valence-corrected chi connectivity index (χ0v) is 14.0. The molecule has 0 heterocycles. The monoisotopic (exact) mass is 313 g/mol. The smallest absolute Gasteiger partial charge is 0.324 e. The molecule has 1 aromatic carbocycles. The first kappa shape index (κ1) is 17.7. The van der Waals surface area contributed by atoms with E-state index >= 15 is 0 Å². The standard InChI is InChI=1S/C15H23NO4S/c1-6-12-7-9-13(10-8-12)21(18,19)16-11(2)14(17)20-15(3,4)5/h7-11,16H,6H2,1-5H3/t11-/m0/s1. The van der Waals surface area contributed by atoms with Gasteiger partial charge in [0.1, 0.15) is 11.6 Å². The zero-order chi connectivity index (χ0) is 16.3. The summed E-state index contributed by atoms with van der Waals surface area (Å²) >= 11 is 0. The quantitative estimate of drug-likeness (QED) is 0.846. The van der Waals surface area contributed by atoms with Crippen LogP contribution < -0.4 is 4.72 Å². The molecule has 5 nitrogen and oxygen atoms in total. The van der Waals surface area contributed by atoms with E-state index in [1.807, 2.05) is 6.92 Å². The van der Waals surface area contributed by atoms with Gasteiger partial charge in [-0.3, -0.25) is 4.79 Å². The van der Waals surface area contributed by atoms with Crippen LogP contribution in [-0.2, 0) is 26.0 Å². The van der Waals surface area contributed by atoms with E-state index in [-0.39, 0.29) is 4.90 Å². The highest BCUT2D eigenvalue weighted by molar-refractivity contribution is 7.89. The minimum atomic E-state index is -3.74. The van der Waals surface area contributed by atoms with E-state index in [0.717, 1.165) is 12.0 Å². The molecule has 0 radical (unpaired) electrons. The van der Waals surface area contributed by atoms with Crippen LogP contribution in [0.2, 0.25) is 0 Å². The second kappa shape index (κ2) is 6.58. The molecule has 6 heteroatoms. The number of carbonyl (C=O) groups is 1. The van der Waals surface area contributed by atoms with Crippen molar-refractivity contribution in [3.05, 3.63) is 29.8 Å². The fourth-order valence-electron chi connectivity index (χ4n) is 1.64. The van der Waals surface area contributed by atoms with E-state index in [9.17, 15) is 13.2 Å². The molecule has 0 aliphatic rings. The molecular weight excluding hydrogens is 290 g/mol. The van der Waals surface area contributed by atoms with E-state index < -0.39 is 27.6 Å². The lowest BCUT2D eigenvalue weighted by molar-refractivity contribution is -0.156. The van der Waals surface area contributed by atoms with Crippen molar-refractivity contribution in [1.82, 2.24) is 4.72 Å². The average Bonchev–Trinajstić information content (AvgIpc) is 2.36. The molecule has 118 valence electrons. The molecule has 0 saturated carbocycles. The minimum absolute atomic E-state index is 0.134. The Hall–Kier alpha value is -1.40. The van der Waals surface area contributed by atoms with Gasteiger partial charge >= 0.3 is 5.97 Å². The van der Waals surface area contributed by atoms with Crippen LogP contribution in [0.25, 0.3) is 0 Å². The van der Waals surface area contributed by atoms with Crippen LogP contribution in [0.15, 0.2) is 29.2 Å². The third-order valence-corrected chi connectivity index (χ3v) is 4.29. The van der Waals surface area contributed by atoms with Crippen LogP contribution in [0.5, 0.6) is 0 Å². The molecule has 0 spiro atoms. The summed E-state index contributed by atoms with van der Waals surface area (Å²) in [5.41, 5.74) is 0.397. The van der Waals surface area contributed by atoms with Crippen molar-refractivity contribution in [3.63, 3.8) is 0 Å². The van der Waals surface area contributed by atoms with Crippen molar-refractivity contribution in [2.24, 2.45) is 0 Å². The maximum absolute atomic E-state index is 12.2. The zero-order valence-electron chi connectivity index (χ0n) is 13.1. The van der Waals surface area contributed by atoms with Crippen molar-refractivity contribution in [2.75, 3.05) is 0 Å². The summed E-state index contributed by atoms with van der Waals surface area (Å²) in [6.07, 6.45) is 0.835. The highest BCUT2D eigenvalue weighted by Crippen LogP contribution is 2.13. The van der Waals surface area contributed by atoms with Crippen molar-refractivity contribution < 1.29 is 17.9 Å². The normalized spacial score (nSPS) is 13.8. The van der Waals surface area contributed by atoms with Crippen LogP contribution in [0.4, 0.5) is 0 Å². The number of ether oxygens (including phenoxy) is 1. The molecule has 0 bridgehead atoms. The van der Waals surface area contributed by atoms with Gasteiger partial charge in [-0.2, -0.15) is 4.72 Å². The molecule has 0 aliphatic heterocycles. The Labute approximate surface area is 126 Å². The van der Waals surface area contributed by atoms with Crippen LogP contribution in [0.1, 0.15) is 40.2 Å². The number of hydrogen-bond donors (Lipinski definition) is 1. The van der Waals surface area contributed by atoms with E-state index in [0.29, 0.717) is 0 Å². The summed E-state index contributed by atoms with van der Waals surface area (Å²) in [4.78, 5) is 12.0. The highest BCUT2D eigenvalue weighted by atomic mass is 32.2. The third-order valence-electron chi connectivity index (χ3n) is 2.73. The molecule has 0 unspecified atom stereocenters. The van der Waals surface area contributed by atoms with E-state index in [4.69, 9.17) is 4.74 Å².